The number of unbranched alkanes of at least 4 members (excludes halogenated alkanes) is 4. The van der Waals surface area contributed by atoms with Crippen LogP contribution in [0.2, 0.25) is 0 Å². The lowest BCUT2D eigenvalue weighted by Gasteiger charge is -2.29. The Morgan fingerprint density at radius 1 is 1.19 bits per heavy atom. The molecule has 1 aromatic carbocycles. The van der Waals surface area contributed by atoms with Gasteiger partial charge in [0.15, 0.2) is 5.69 Å². The van der Waals surface area contributed by atoms with Crippen molar-refractivity contribution in [3.8, 4) is 0 Å². The lowest BCUT2D eigenvalue weighted by molar-refractivity contribution is 0.300. The molecule has 1 aliphatic rings. The van der Waals surface area contributed by atoms with Gasteiger partial charge >= 0.3 is 0 Å². The Bertz CT molecular complexity index is 1010. The predicted octanol–water partition coefficient (Wildman–Crippen LogP) is 3.92. The van der Waals surface area contributed by atoms with Crippen LogP contribution in [0.5, 0.6) is 0 Å². The fraction of sp³-hybridized carbons (Fsp3) is 0.550. The largest absolute Gasteiger partial charge is 0.411 e. The summed E-state index contributed by atoms with van der Waals surface area (Å²) in [4.78, 5) is 0. The van der Waals surface area contributed by atoms with Crippen LogP contribution in [0.4, 0.5) is 4.39 Å². The monoisotopic (exact) mass is 516 g/mol. The summed E-state index contributed by atoms with van der Waals surface area (Å²) in [6.45, 7) is 1.32. The first-order chi connectivity index (χ1) is 14.9. The molecule has 8 nitrogen and oxygen atoms in total. The van der Waals surface area contributed by atoms with Crippen molar-refractivity contribution >= 4 is 31.7 Å². The second kappa shape index (κ2) is 11.1. The Kier molecular flexibility index (Phi) is 8.56. The lowest BCUT2D eigenvalue weighted by atomic mass is 10.0. The van der Waals surface area contributed by atoms with E-state index in [0.717, 1.165) is 37.7 Å². The van der Waals surface area contributed by atoms with E-state index in [1.807, 2.05) is 0 Å². The van der Waals surface area contributed by atoms with E-state index in [2.05, 4.69) is 31.4 Å². The van der Waals surface area contributed by atoms with Crippen LogP contribution in [0.3, 0.4) is 0 Å². The van der Waals surface area contributed by atoms with Gasteiger partial charge in [-0.3, -0.25) is 0 Å². The summed E-state index contributed by atoms with van der Waals surface area (Å²) in [5, 5.41) is 20.6. The number of hydrogen-bond donors (Lipinski definition) is 1. The first-order valence-electron chi connectivity index (χ1n) is 10.3. The summed E-state index contributed by atoms with van der Waals surface area (Å²) in [6, 6.07) is 4.57. The molecule has 0 saturated carbocycles. The number of hydrogen-bond acceptors (Lipinski definition) is 7. The highest BCUT2D eigenvalue weighted by Crippen LogP contribution is 2.20. The topological polar surface area (TPSA) is 109 Å². The van der Waals surface area contributed by atoms with Crippen molar-refractivity contribution in [2.75, 3.05) is 18.8 Å². The fourth-order valence-corrected chi connectivity index (χ4v) is 5.47. The van der Waals surface area contributed by atoms with Crippen molar-refractivity contribution in [3.63, 3.8) is 0 Å². The van der Waals surface area contributed by atoms with Gasteiger partial charge < -0.3 is 5.21 Å². The molecule has 0 unspecified atom stereocenters. The van der Waals surface area contributed by atoms with Gasteiger partial charge in [-0.1, -0.05) is 35.6 Å². The fourth-order valence-electron chi connectivity index (χ4n) is 3.40. The van der Waals surface area contributed by atoms with Crippen molar-refractivity contribution < 1.29 is 22.6 Å². The smallest absolute Gasteiger partial charge is 0.214 e. The Hall–Kier alpha value is -1.85. The molecule has 11 heteroatoms. The van der Waals surface area contributed by atoms with Crippen molar-refractivity contribution in [3.05, 3.63) is 45.4 Å². The molecule has 170 valence electrons. The second-order valence-electron chi connectivity index (χ2n) is 7.62. The summed E-state index contributed by atoms with van der Waals surface area (Å²) in [5.41, 5.74) is 2.05. The minimum absolute atomic E-state index is 0.222. The molecule has 1 aliphatic heterocycles. The molecule has 3 rings (SSSR count). The zero-order valence-electron chi connectivity index (χ0n) is 17.1. The minimum Gasteiger partial charge on any atom is -0.411 e. The molecule has 0 atom stereocenters. The molecule has 0 spiro atoms. The van der Waals surface area contributed by atoms with Crippen molar-refractivity contribution in [2.24, 2.45) is 5.16 Å². The molecule has 0 radical (unpaired) electrons. The maximum Gasteiger partial charge on any atom is 0.214 e. The van der Waals surface area contributed by atoms with Crippen LogP contribution in [-0.2, 0) is 22.9 Å². The van der Waals surface area contributed by atoms with E-state index in [4.69, 9.17) is 4.63 Å². The molecule has 0 aliphatic carbocycles. The van der Waals surface area contributed by atoms with E-state index >= 15 is 0 Å². The number of aromatic nitrogens is 2. The average Bonchev–Trinajstić information content (AvgIpc) is 3.14. The summed E-state index contributed by atoms with van der Waals surface area (Å²) < 4.78 is 44.2. The highest BCUT2D eigenvalue weighted by molar-refractivity contribution is 9.10. The molecule has 1 N–H and O–H groups in total. The van der Waals surface area contributed by atoms with Gasteiger partial charge in [0.2, 0.25) is 10.0 Å². The van der Waals surface area contributed by atoms with Gasteiger partial charge in [0.1, 0.15) is 17.2 Å². The third kappa shape index (κ3) is 6.56. The van der Waals surface area contributed by atoms with Crippen LogP contribution in [0.25, 0.3) is 0 Å². The van der Waals surface area contributed by atoms with Crippen LogP contribution >= 0.6 is 15.9 Å². The van der Waals surface area contributed by atoms with Gasteiger partial charge in [0.05, 0.1) is 10.2 Å². The minimum atomic E-state index is -3.06. The molecule has 1 aromatic heterocycles. The van der Waals surface area contributed by atoms with E-state index in [-0.39, 0.29) is 18.0 Å². The average molecular weight is 517 g/mol. The molecule has 31 heavy (non-hydrogen) atoms. The molecular formula is C20H26BrFN4O4S. The van der Waals surface area contributed by atoms with Crippen LogP contribution in [0.1, 0.15) is 55.5 Å². The van der Waals surface area contributed by atoms with Crippen LogP contribution in [0.15, 0.2) is 32.5 Å². The van der Waals surface area contributed by atoms with E-state index in [1.54, 1.807) is 16.4 Å². The van der Waals surface area contributed by atoms with E-state index in [9.17, 15) is 18.0 Å². The zero-order valence-corrected chi connectivity index (χ0v) is 19.5. The quantitative estimate of drug-likeness (QED) is 0.198. The Labute approximate surface area is 189 Å². The number of oxime groups is 1. The van der Waals surface area contributed by atoms with Gasteiger partial charge in [-0.25, -0.2) is 21.7 Å². The molecule has 0 bridgehead atoms. The third-order valence-electron chi connectivity index (χ3n) is 5.33. The van der Waals surface area contributed by atoms with Crippen molar-refractivity contribution in [1.82, 2.24) is 14.6 Å². The molecule has 2 aromatic rings. The molecule has 1 saturated heterocycles. The van der Waals surface area contributed by atoms with Gasteiger partial charge in [0.25, 0.3) is 0 Å². The van der Waals surface area contributed by atoms with E-state index < -0.39 is 10.0 Å². The van der Waals surface area contributed by atoms with E-state index in [1.165, 1.54) is 6.07 Å². The number of rotatable bonds is 12. The summed E-state index contributed by atoms with van der Waals surface area (Å²) >= 11 is 3.15. The Morgan fingerprint density at radius 3 is 2.61 bits per heavy atom. The number of benzene rings is 1. The summed E-state index contributed by atoms with van der Waals surface area (Å²) in [5.74, 6) is -0.145. The Balaban J connectivity index is 1.42. The predicted molar refractivity (Wildman–Crippen MR) is 117 cm³/mol. The first-order valence-corrected chi connectivity index (χ1v) is 12.8. The van der Waals surface area contributed by atoms with Crippen LogP contribution in [-0.4, -0.2) is 52.8 Å². The first kappa shape index (κ1) is 23.8. The van der Waals surface area contributed by atoms with Gasteiger partial charge in [-0.15, -0.1) is 0 Å². The number of sulfonamides is 1. The maximum atomic E-state index is 13.4. The highest BCUT2D eigenvalue weighted by atomic mass is 79.9. The molecule has 1 fully saturated rings. The van der Waals surface area contributed by atoms with Crippen molar-refractivity contribution in [1.29, 1.82) is 0 Å². The summed E-state index contributed by atoms with van der Waals surface area (Å²) in [7, 11) is -3.06. The number of aryl methyl sites for hydroxylation is 1. The van der Waals surface area contributed by atoms with E-state index in [0.29, 0.717) is 47.5 Å². The Morgan fingerprint density at radius 2 is 1.94 bits per heavy atom. The maximum absolute atomic E-state index is 13.4. The van der Waals surface area contributed by atoms with Gasteiger partial charge in [0, 0.05) is 19.5 Å². The zero-order chi connectivity index (χ0) is 22.3. The normalized spacial score (nSPS) is 15.2. The molecule has 0 amide bonds. The third-order valence-corrected chi connectivity index (χ3v) is 7.89. The summed E-state index contributed by atoms with van der Waals surface area (Å²) in [6.07, 6.45) is 6.04. The highest BCUT2D eigenvalue weighted by Gasteiger charge is 2.26. The second-order valence-corrected chi connectivity index (χ2v) is 10.6. The molecular weight excluding hydrogens is 491 g/mol. The molecule has 2 heterocycles. The van der Waals surface area contributed by atoms with Crippen LogP contribution in [0, 0.1) is 5.82 Å². The SMILES string of the molecule is O=S(=O)(CCCCCCCc1nonc1/C(Cc1ccc(F)c(Br)c1)=N/O)N1CCC1. The standard InChI is InChI=1S/C20H26BrFN4O4S/c21-16-13-15(8-9-17(16)22)14-19(23-27)20-18(24-30-25-20)7-4-2-1-3-5-12-31(28,29)26-10-6-11-26/h8-9,13,27H,1-7,10-12,14H2/b23-19+. The van der Waals surface area contributed by atoms with Gasteiger partial charge in [-0.05, 0) is 64.5 Å². The number of nitrogens with zero attached hydrogens (tertiary/aromatic N) is 4. The van der Waals surface area contributed by atoms with Crippen LogP contribution < -0.4 is 0 Å². The van der Waals surface area contributed by atoms with Crippen molar-refractivity contribution in [2.45, 2.75) is 51.4 Å². The van der Waals surface area contributed by atoms with Gasteiger partial charge in [-0.2, -0.15) is 0 Å². The number of halogens is 2. The lowest BCUT2D eigenvalue weighted by Crippen LogP contribution is -2.43.